The van der Waals surface area contributed by atoms with Crippen molar-refractivity contribution >= 4 is 23.3 Å². The lowest BCUT2D eigenvalue weighted by molar-refractivity contribution is 0.0666. The molecule has 1 fully saturated rings. The van der Waals surface area contributed by atoms with E-state index >= 15 is 0 Å². The molecule has 0 spiro atoms. The van der Waals surface area contributed by atoms with Gasteiger partial charge in [0.15, 0.2) is 0 Å². The highest BCUT2D eigenvalue weighted by molar-refractivity contribution is 5.95. The molecule has 1 atom stereocenters. The molecule has 0 aliphatic carbocycles. The average Bonchev–Trinajstić information content (AvgIpc) is 3.14. The zero-order chi connectivity index (χ0) is 22.7. The van der Waals surface area contributed by atoms with Crippen LogP contribution in [0, 0.1) is 0 Å². The zero-order valence-electron chi connectivity index (χ0n) is 18.5. The number of aromatic nitrogens is 1. The molecule has 3 heterocycles. The number of methoxy groups -OCH3 is 1. The molecule has 170 valence electrons. The highest BCUT2D eigenvalue weighted by atomic mass is 19.1. The van der Waals surface area contributed by atoms with E-state index in [2.05, 4.69) is 22.1 Å². The number of nitrogens with one attached hydrogen (secondary N) is 1. The monoisotopic (exact) mass is 440 g/mol. The van der Waals surface area contributed by atoms with Crippen molar-refractivity contribution in [2.24, 2.45) is 0 Å². The number of halogens is 1. The van der Waals surface area contributed by atoms with Gasteiger partial charge in [0.05, 0.1) is 12.2 Å². The quantitative estimate of drug-likeness (QED) is 0.699. The lowest BCUT2D eigenvalue weighted by Crippen LogP contribution is -2.39. The van der Waals surface area contributed by atoms with E-state index in [1.165, 1.54) is 0 Å². The second-order valence-electron chi connectivity index (χ2n) is 8.39. The van der Waals surface area contributed by atoms with Gasteiger partial charge in [-0.25, -0.2) is 9.37 Å². The molecule has 8 heteroatoms. The maximum Gasteiger partial charge on any atom is 0.255 e. The van der Waals surface area contributed by atoms with Crippen molar-refractivity contribution in [3.63, 3.8) is 0 Å². The SMILES string of the molecule is COCCNC(=O)c1ccc(N2c3ncc(C(=O)N4CCC(F)CC4)cc3CC2C)cc1. The summed E-state index contributed by atoms with van der Waals surface area (Å²) in [5, 5.41) is 2.81. The van der Waals surface area contributed by atoms with Crippen LogP contribution < -0.4 is 10.2 Å². The van der Waals surface area contributed by atoms with Gasteiger partial charge in [-0.05, 0) is 62.1 Å². The number of hydrogen-bond donors (Lipinski definition) is 1. The first-order valence-corrected chi connectivity index (χ1v) is 11.1. The van der Waals surface area contributed by atoms with Crippen molar-refractivity contribution in [3.8, 4) is 0 Å². The van der Waals surface area contributed by atoms with Gasteiger partial charge in [0.25, 0.3) is 11.8 Å². The molecule has 1 aromatic carbocycles. The summed E-state index contributed by atoms with van der Waals surface area (Å²) >= 11 is 0. The molecular weight excluding hydrogens is 411 g/mol. The summed E-state index contributed by atoms with van der Waals surface area (Å²) in [5.74, 6) is 0.609. The van der Waals surface area contributed by atoms with Crippen LogP contribution in [0.5, 0.6) is 0 Å². The third kappa shape index (κ3) is 4.60. The molecule has 1 saturated heterocycles. The number of alkyl halides is 1. The van der Waals surface area contributed by atoms with Gasteiger partial charge in [-0.2, -0.15) is 0 Å². The van der Waals surface area contributed by atoms with Crippen LogP contribution in [0.4, 0.5) is 15.9 Å². The Bertz CT molecular complexity index is 974. The Balaban J connectivity index is 1.48. The summed E-state index contributed by atoms with van der Waals surface area (Å²) in [7, 11) is 1.59. The third-order valence-corrected chi connectivity index (χ3v) is 6.09. The summed E-state index contributed by atoms with van der Waals surface area (Å²) in [6.45, 7) is 3.94. The number of carbonyl (C=O) groups excluding carboxylic acids is 2. The van der Waals surface area contributed by atoms with Crippen LogP contribution >= 0.6 is 0 Å². The second kappa shape index (κ2) is 9.65. The highest BCUT2D eigenvalue weighted by Crippen LogP contribution is 2.37. The minimum Gasteiger partial charge on any atom is -0.383 e. The summed E-state index contributed by atoms with van der Waals surface area (Å²) < 4.78 is 18.4. The number of hydrogen-bond acceptors (Lipinski definition) is 5. The molecular formula is C24H29FN4O3. The molecule has 2 amide bonds. The third-order valence-electron chi connectivity index (χ3n) is 6.09. The molecule has 0 radical (unpaired) electrons. The van der Waals surface area contributed by atoms with Crippen LogP contribution in [-0.4, -0.2) is 67.3 Å². The zero-order valence-corrected chi connectivity index (χ0v) is 18.5. The van der Waals surface area contributed by atoms with E-state index in [1.54, 1.807) is 30.3 Å². The maximum atomic E-state index is 13.4. The molecule has 0 saturated carbocycles. The van der Waals surface area contributed by atoms with Crippen molar-refractivity contribution in [2.75, 3.05) is 38.3 Å². The maximum absolute atomic E-state index is 13.4. The van der Waals surface area contributed by atoms with Gasteiger partial charge in [-0.3, -0.25) is 9.59 Å². The molecule has 1 aromatic heterocycles. The predicted octanol–water partition coefficient (Wildman–Crippen LogP) is 3.11. The number of piperidine rings is 1. The number of anilines is 2. The molecule has 2 aromatic rings. The van der Waals surface area contributed by atoms with Crippen LogP contribution in [0.1, 0.15) is 46.0 Å². The van der Waals surface area contributed by atoms with Crippen LogP contribution in [0.25, 0.3) is 0 Å². The number of rotatable bonds is 6. The number of ether oxygens (including phenoxy) is 1. The van der Waals surface area contributed by atoms with E-state index in [1.807, 2.05) is 18.2 Å². The first-order chi connectivity index (χ1) is 15.5. The van der Waals surface area contributed by atoms with E-state index in [0.29, 0.717) is 50.2 Å². The Hall–Kier alpha value is -3.00. The standard InChI is InChI=1S/C24H29FN4O3/c1-16-13-18-14-19(24(31)28-10-7-20(25)8-11-28)15-27-22(18)29(16)21-5-3-17(4-6-21)23(30)26-9-12-32-2/h3-6,14-16,20H,7-13H2,1-2H3,(H,26,30). The fourth-order valence-corrected chi connectivity index (χ4v) is 4.36. The Morgan fingerprint density at radius 1 is 1.19 bits per heavy atom. The largest absolute Gasteiger partial charge is 0.383 e. The summed E-state index contributed by atoms with van der Waals surface area (Å²) in [6, 6.07) is 9.52. The van der Waals surface area contributed by atoms with Crippen LogP contribution in [-0.2, 0) is 11.2 Å². The van der Waals surface area contributed by atoms with E-state index in [-0.39, 0.29) is 17.9 Å². The molecule has 4 rings (SSSR count). The van der Waals surface area contributed by atoms with Gasteiger partial charge in [-0.15, -0.1) is 0 Å². The summed E-state index contributed by atoms with van der Waals surface area (Å²) in [4.78, 5) is 33.5. The molecule has 2 aliphatic heterocycles. The van der Waals surface area contributed by atoms with Gasteiger partial charge < -0.3 is 19.9 Å². The lowest BCUT2D eigenvalue weighted by atomic mass is 10.1. The number of benzene rings is 1. The fraction of sp³-hybridized carbons (Fsp3) is 0.458. The topological polar surface area (TPSA) is 74.8 Å². The van der Waals surface area contributed by atoms with Crippen molar-refractivity contribution in [3.05, 3.63) is 53.2 Å². The normalized spacial score (nSPS) is 18.5. The molecule has 1 N–H and O–H groups in total. The Kier molecular flexibility index (Phi) is 6.69. The van der Waals surface area contributed by atoms with Crippen molar-refractivity contribution < 1.29 is 18.7 Å². The van der Waals surface area contributed by atoms with Gasteiger partial charge in [-0.1, -0.05) is 0 Å². The van der Waals surface area contributed by atoms with Crippen molar-refractivity contribution in [1.82, 2.24) is 15.2 Å². The van der Waals surface area contributed by atoms with Crippen molar-refractivity contribution in [1.29, 1.82) is 0 Å². The number of nitrogens with zero attached hydrogens (tertiary/aromatic N) is 3. The first kappa shape index (κ1) is 22.2. The molecule has 32 heavy (non-hydrogen) atoms. The summed E-state index contributed by atoms with van der Waals surface area (Å²) in [5.41, 5.74) is 3.10. The number of likely N-dealkylation sites (tertiary alicyclic amines) is 1. The van der Waals surface area contributed by atoms with Crippen LogP contribution in [0.3, 0.4) is 0 Å². The second-order valence-corrected chi connectivity index (χ2v) is 8.39. The number of pyridine rings is 1. The van der Waals surface area contributed by atoms with Crippen LogP contribution in [0.15, 0.2) is 36.5 Å². The van der Waals surface area contributed by atoms with E-state index in [0.717, 1.165) is 23.5 Å². The van der Waals surface area contributed by atoms with Crippen LogP contribution in [0.2, 0.25) is 0 Å². The van der Waals surface area contributed by atoms with Gasteiger partial charge in [0.2, 0.25) is 0 Å². The van der Waals surface area contributed by atoms with E-state index in [9.17, 15) is 14.0 Å². The molecule has 0 bridgehead atoms. The first-order valence-electron chi connectivity index (χ1n) is 11.1. The minimum atomic E-state index is -0.811. The summed E-state index contributed by atoms with van der Waals surface area (Å²) in [6.07, 6.45) is 2.38. The number of fused-ring (bicyclic) bond motifs is 1. The Labute approximate surface area is 187 Å². The molecule has 7 nitrogen and oxygen atoms in total. The van der Waals surface area contributed by atoms with E-state index < -0.39 is 6.17 Å². The average molecular weight is 441 g/mol. The predicted molar refractivity (Wildman–Crippen MR) is 120 cm³/mol. The minimum absolute atomic E-state index is 0.0814. The lowest BCUT2D eigenvalue weighted by Gasteiger charge is -2.28. The van der Waals surface area contributed by atoms with Gasteiger partial charge >= 0.3 is 0 Å². The molecule has 1 unspecified atom stereocenters. The van der Waals surface area contributed by atoms with Gasteiger partial charge in [0.1, 0.15) is 12.0 Å². The van der Waals surface area contributed by atoms with Gasteiger partial charge in [0, 0.05) is 50.2 Å². The van der Waals surface area contributed by atoms with E-state index in [4.69, 9.17) is 4.74 Å². The highest BCUT2D eigenvalue weighted by Gasteiger charge is 2.31. The Morgan fingerprint density at radius 2 is 1.91 bits per heavy atom. The number of carbonyl (C=O) groups is 2. The fourth-order valence-electron chi connectivity index (χ4n) is 4.36. The smallest absolute Gasteiger partial charge is 0.255 e. The Morgan fingerprint density at radius 3 is 2.59 bits per heavy atom. The number of amides is 2. The molecule has 2 aliphatic rings. The van der Waals surface area contributed by atoms with Crippen molar-refractivity contribution in [2.45, 2.75) is 38.4 Å².